The standard InChI is InChI=1S/C17H18BrNO2/c1-10-4-11(2)17(12(3)5-10)19-8-13-6-15-16(7-14(13)18)21-9-20-15/h4-7,19H,8-9H2,1-3H3. The molecule has 0 radical (unpaired) electrons. The smallest absolute Gasteiger partial charge is 0.231 e. The second-order valence-corrected chi connectivity index (χ2v) is 6.28. The Morgan fingerprint density at radius 2 is 1.62 bits per heavy atom. The third kappa shape index (κ3) is 2.86. The molecule has 0 aromatic heterocycles. The van der Waals surface area contributed by atoms with E-state index in [9.17, 15) is 0 Å². The van der Waals surface area contributed by atoms with Crippen LogP contribution in [0.2, 0.25) is 0 Å². The van der Waals surface area contributed by atoms with Crippen molar-refractivity contribution in [3.05, 3.63) is 51.0 Å². The van der Waals surface area contributed by atoms with Crippen molar-refractivity contribution in [2.45, 2.75) is 27.3 Å². The molecular formula is C17H18BrNO2. The SMILES string of the molecule is Cc1cc(C)c(NCc2cc3c(cc2Br)OCO3)c(C)c1. The minimum absolute atomic E-state index is 0.300. The Labute approximate surface area is 133 Å². The van der Waals surface area contributed by atoms with Gasteiger partial charge in [-0.25, -0.2) is 0 Å². The average molecular weight is 348 g/mol. The van der Waals surface area contributed by atoms with Crippen LogP contribution in [0.5, 0.6) is 11.5 Å². The predicted molar refractivity (Wildman–Crippen MR) is 88.2 cm³/mol. The maximum atomic E-state index is 5.44. The number of halogens is 1. The molecule has 3 nitrogen and oxygen atoms in total. The normalized spacial score (nSPS) is 12.6. The van der Waals surface area contributed by atoms with Crippen LogP contribution in [0.15, 0.2) is 28.7 Å². The molecule has 3 rings (SSSR count). The molecule has 1 N–H and O–H groups in total. The van der Waals surface area contributed by atoms with Crippen LogP contribution in [0.4, 0.5) is 5.69 Å². The van der Waals surface area contributed by atoms with Gasteiger partial charge >= 0.3 is 0 Å². The minimum atomic E-state index is 0.300. The van der Waals surface area contributed by atoms with Gasteiger partial charge in [-0.1, -0.05) is 33.6 Å². The summed E-state index contributed by atoms with van der Waals surface area (Å²) in [5.74, 6) is 1.61. The van der Waals surface area contributed by atoms with E-state index in [0.29, 0.717) is 6.79 Å². The van der Waals surface area contributed by atoms with E-state index in [-0.39, 0.29) is 0 Å². The lowest BCUT2D eigenvalue weighted by atomic mass is 10.0. The van der Waals surface area contributed by atoms with Gasteiger partial charge in [0.1, 0.15) is 0 Å². The summed E-state index contributed by atoms with van der Waals surface area (Å²) in [5, 5.41) is 3.53. The van der Waals surface area contributed by atoms with Crippen molar-refractivity contribution < 1.29 is 9.47 Å². The predicted octanol–water partition coefficient (Wildman–Crippen LogP) is 4.72. The summed E-state index contributed by atoms with van der Waals surface area (Å²) >= 11 is 3.60. The number of hydrogen-bond acceptors (Lipinski definition) is 3. The second kappa shape index (κ2) is 5.60. The zero-order chi connectivity index (χ0) is 15.0. The Hall–Kier alpha value is -1.68. The summed E-state index contributed by atoms with van der Waals surface area (Å²) < 4.78 is 11.8. The monoisotopic (exact) mass is 347 g/mol. The van der Waals surface area contributed by atoms with Crippen molar-refractivity contribution in [2.24, 2.45) is 0 Å². The number of hydrogen-bond donors (Lipinski definition) is 1. The number of ether oxygens (including phenoxy) is 2. The highest BCUT2D eigenvalue weighted by molar-refractivity contribution is 9.10. The van der Waals surface area contributed by atoms with Gasteiger partial charge in [0.05, 0.1) is 0 Å². The van der Waals surface area contributed by atoms with Gasteiger partial charge in [0.2, 0.25) is 6.79 Å². The number of nitrogens with one attached hydrogen (secondary N) is 1. The summed E-state index contributed by atoms with van der Waals surface area (Å²) in [7, 11) is 0. The number of anilines is 1. The molecule has 0 fully saturated rings. The topological polar surface area (TPSA) is 30.5 Å². The number of aryl methyl sites for hydroxylation is 3. The summed E-state index contributed by atoms with van der Waals surface area (Å²) in [5.41, 5.74) is 6.18. The summed E-state index contributed by atoms with van der Waals surface area (Å²) in [4.78, 5) is 0. The highest BCUT2D eigenvalue weighted by Gasteiger charge is 2.16. The van der Waals surface area contributed by atoms with Gasteiger partial charge in [0, 0.05) is 16.7 Å². The van der Waals surface area contributed by atoms with Crippen molar-refractivity contribution in [1.82, 2.24) is 0 Å². The van der Waals surface area contributed by atoms with E-state index in [4.69, 9.17) is 9.47 Å². The van der Waals surface area contributed by atoms with E-state index in [0.717, 1.165) is 28.1 Å². The molecule has 4 heteroatoms. The highest BCUT2D eigenvalue weighted by atomic mass is 79.9. The van der Waals surface area contributed by atoms with Gasteiger partial charge in [-0.15, -0.1) is 0 Å². The third-order valence-electron chi connectivity index (χ3n) is 3.67. The van der Waals surface area contributed by atoms with Crippen LogP contribution in [0, 0.1) is 20.8 Å². The molecular weight excluding hydrogens is 330 g/mol. The Morgan fingerprint density at radius 3 is 2.29 bits per heavy atom. The number of rotatable bonds is 3. The van der Waals surface area contributed by atoms with Crippen molar-refractivity contribution in [1.29, 1.82) is 0 Å². The van der Waals surface area contributed by atoms with Crippen LogP contribution in [-0.2, 0) is 6.54 Å². The Morgan fingerprint density at radius 1 is 1.00 bits per heavy atom. The molecule has 1 aliphatic rings. The van der Waals surface area contributed by atoms with E-state index in [1.54, 1.807) is 0 Å². The van der Waals surface area contributed by atoms with E-state index < -0.39 is 0 Å². The van der Waals surface area contributed by atoms with E-state index in [2.05, 4.69) is 54.2 Å². The lowest BCUT2D eigenvalue weighted by Gasteiger charge is -2.15. The largest absolute Gasteiger partial charge is 0.454 e. The maximum absolute atomic E-state index is 5.44. The van der Waals surface area contributed by atoms with Crippen LogP contribution in [0.25, 0.3) is 0 Å². The van der Waals surface area contributed by atoms with Crippen molar-refractivity contribution in [3.63, 3.8) is 0 Å². The van der Waals surface area contributed by atoms with Gasteiger partial charge in [-0.3, -0.25) is 0 Å². The van der Waals surface area contributed by atoms with Crippen LogP contribution >= 0.6 is 15.9 Å². The molecule has 0 unspecified atom stereocenters. The fraction of sp³-hybridized carbons (Fsp3) is 0.294. The zero-order valence-corrected chi connectivity index (χ0v) is 14.0. The molecule has 0 amide bonds. The van der Waals surface area contributed by atoms with Crippen molar-refractivity contribution >= 4 is 21.6 Å². The van der Waals surface area contributed by atoms with Crippen LogP contribution in [-0.4, -0.2) is 6.79 Å². The van der Waals surface area contributed by atoms with Gasteiger partial charge in [-0.2, -0.15) is 0 Å². The molecule has 0 saturated heterocycles. The summed E-state index contributed by atoms with van der Waals surface area (Å²) in [6.07, 6.45) is 0. The van der Waals surface area contributed by atoms with Gasteiger partial charge < -0.3 is 14.8 Å². The first-order valence-electron chi connectivity index (χ1n) is 6.94. The molecule has 1 aliphatic heterocycles. The Bertz CT molecular complexity index is 674. The Kier molecular flexibility index (Phi) is 3.81. The lowest BCUT2D eigenvalue weighted by Crippen LogP contribution is -2.04. The van der Waals surface area contributed by atoms with Crippen LogP contribution < -0.4 is 14.8 Å². The molecule has 0 atom stereocenters. The fourth-order valence-electron chi connectivity index (χ4n) is 2.74. The molecule has 1 heterocycles. The molecule has 2 aromatic rings. The maximum Gasteiger partial charge on any atom is 0.231 e. The number of benzene rings is 2. The summed E-state index contributed by atoms with van der Waals surface area (Å²) in [6.45, 7) is 7.43. The average Bonchev–Trinajstić information content (AvgIpc) is 2.84. The minimum Gasteiger partial charge on any atom is -0.454 e. The van der Waals surface area contributed by atoms with Crippen LogP contribution in [0.1, 0.15) is 22.3 Å². The van der Waals surface area contributed by atoms with Crippen molar-refractivity contribution in [2.75, 3.05) is 12.1 Å². The van der Waals surface area contributed by atoms with Gasteiger partial charge in [-0.05, 0) is 49.6 Å². The first-order valence-corrected chi connectivity index (χ1v) is 7.73. The molecule has 0 saturated carbocycles. The molecule has 0 aliphatic carbocycles. The van der Waals surface area contributed by atoms with E-state index >= 15 is 0 Å². The second-order valence-electron chi connectivity index (χ2n) is 5.42. The Balaban J connectivity index is 1.83. The first kappa shape index (κ1) is 14.3. The third-order valence-corrected chi connectivity index (χ3v) is 4.41. The zero-order valence-electron chi connectivity index (χ0n) is 12.4. The van der Waals surface area contributed by atoms with Gasteiger partial charge in [0.25, 0.3) is 0 Å². The van der Waals surface area contributed by atoms with Gasteiger partial charge in [0.15, 0.2) is 11.5 Å². The molecule has 110 valence electrons. The molecule has 0 bridgehead atoms. The quantitative estimate of drug-likeness (QED) is 0.871. The summed E-state index contributed by atoms with van der Waals surface area (Å²) in [6, 6.07) is 8.39. The fourth-order valence-corrected chi connectivity index (χ4v) is 3.20. The van der Waals surface area contributed by atoms with E-state index in [1.807, 2.05) is 12.1 Å². The molecule has 0 spiro atoms. The van der Waals surface area contributed by atoms with Crippen LogP contribution in [0.3, 0.4) is 0 Å². The molecule has 21 heavy (non-hydrogen) atoms. The van der Waals surface area contributed by atoms with Crippen molar-refractivity contribution in [3.8, 4) is 11.5 Å². The molecule has 2 aromatic carbocycles. The lowest BCUT2D eigenvalue weighted by molar-refractivity contribution is 0.174. The highest BCUT2D eigenvalue weighted by Crippen LogP contribution is 2.37. The number of fused-ring (bicyclic) bond motifs is 1. The first-order chi connectivity index (χ1) is 10.0. The van der Waals surface area contributed by atoms with E-state index in [1.165, 1.54) is 22.4 Å².